The highest BCUT2D eigenvalue weighted by atomic mass is 35.5. The molecule has 114 valence electrons. The van der Waals surface area contributed by atoms with Gasteiger partial charge in [-0.05, 0) is 31.0 Å². The first-order chi connectivity index (χ1) is 9.88. The van der Waals surface area contributed by atoms with Crippen molar-refractivity contribution in [3.05, 3.63) is 29.0 Å². The van der Waals surface area contributed by atoms with E-state index in [1.165, 1.54) is 17.0 Å². The van der Waals surface area contributed by atoms with E-state index in [1.807, 2.05) is 0 Å². The van der Waals surface area contributed by atoms with Crippen molar-refractivity contribution in [2.75, 3.05) is 18.4 Å². The Kier molecular flexibility index (Phi) is 4.37. The van der Waals surface area contributed by atoms with Crippen LogP contribution in [0.2, 0.25) is 5.02 Å². The van der Waals surface area contributed by atoms with Crippen LogP contribution in [0.5, 0.6) is 0 Å². The summed E-state index contributed by atoms with van der Waals surface area (Å²) in [6, 6.07) is 3.44. The first-order valence-corrected chi connectivity index (χ1v) is 7.00. The van der Waals surface area contributed by atoms with Gasteiger partial charge in [-0.15, -0.1) is 0 Å². The lowest BCUT2D eigenvalue weighted by atomic mass is 9.84. The summed E-state index contributed by atoms with van der Waals surface area (Å²) in [5.41, 5.74) is -0.885. The zero-order valence-electron chi connectivity index (χ0n) is 11.5. The summed E-state index contributed by atoms with van der Waals surface area (Å²) in [7, 11) is 0. The van der Waals surface area contributed by atoms with Crippen molar-refractivity contribution < 1.29 is 19.1 Å². The fourth-order valence-corrected chi connectivity index (χ4v) is 2.60. The summed E-state index contributed by atoms with van der Waals surface area (Å²) >= 11 is 5.64. The van der Waals surface area contributed by atoms with Gasteiger partial charge in [-0.3, -0.25) is 4.79 Å². The molecule has 0 aliphatic carbocycles. The monoisotopic (exact) mass is 314 g/mol. The van der Waals surface area contributed by atoms with E-state index in [2.05, 4.69) is 5.32 Å². The fraction of sp³-hybridized carbons (Fsp3) is 0.429. The van der Waals surface area contributed by atoms with E-state index in [-0.39, 0.29) is 17.3 Å². The molecule has 0 radical (unpaired) electrons. The maximum atomic E-state index is 13.6. The van der Waals surface area contributed by atoms with Crippen molar-refractivity contribution >= 4 is 29.3 Å². The first kappa shape index (κ1) is 15.6. The van der Waals surface area contributed by atoms with Crippen LogP contribution >= 0.6 is 11.6 Å². The second-order valence-electron chi connectivity index (χ2n) is 5.16. The second-order valence-corrected chi connectivity index (χ2v) is 5.60. The van der Waals surface area contributed by atoms with Gasteiger partial charge in [0, 0.05) is 18.1 Å². The van der Waals surface area contributed by atoms with E-state index in [0.29, 0.717) is 19.4 Å². The summed E-state index contributed by atoms with van der Waals surface area (Å²) in [6.07, 6.45) is 0.844. The Balaban J connectivity index is 2.07. The highest BCUT2D eigenvalue weighted by Gasteiger charge is 2.44. The Morgan fingerprint density at radius 1 is 1.52 bits per heavy atom. The van der Waals surface area contributed by atoms with Gasteiger partial charge in [-0.2, -0.15) is 0 Å². The SMILES string of the molecule is CCC1(C(=O)O)CCN(C(=O)Nc2ccc(Cl)cc2F)C1. The Morgan fingerprint density at radius 3 is 2.76 bits per heavy atom. The van der Waals surface area contributed by atoms with Crippen molar-refractivity contribution in [2.45, 2.75) is 19.8 Å². The molecule has 1 aliphatic rings. The number of aliphatic carboxylic acids is 1. The van der Waals surface area contributed by atoms with Crippen LogP contribution in [0.25, 0.3) is 0 Å². The summed E-state index contributed by atoms with van der Waals surface area (Å²) in [4.78, 5) is 24.8. The molecule has 1 saturated heterocycles. The average molecular weight is 315 g/mol. The maximum Gasteiger partial charge on any atom is 0.321 e. The van der Waals surface area contributed by atoms with Crippen molar-refractivity contribution in [3.8, 4) is 0 Å². The van der Waals surface area contributed by atoms with Gasteiger partial charge >= 0.3 is 12.0 Å². The number of anilines is 1. The lowest BCUT2D eigenvalue weighted by molar-refractivity contribution is -0.148. The molecule has 2 N–H and O–H groups in total. The number of nitrogens with zero attached hydrogens (tertiary/aromatic N) is 1. The Hall–Kier alpha value is -1.82. The Morgan fingerprint density at radius 2 is 2.24 bits per heavy atom. The number of carboxylic acids is 1. The molecular formula is C14H16ClFN2O3. The number of rotatable bonds is 3. The van der Waals surface area contributed by atoms with Gasteiger partial charge in [0.2, 0.25) is 0 Å². The molecule has 7 heteroatoms. The van der Waals surface area contributed by atoms with Gasteiger partial charge in [-0.25, -0.2) is 9.18 Å². The summed E-state index contributed by atoms with van der Waals surface area (Å²) < 4.78 is 13.6. The largest absolute Gasteiger partial charge is 0.481 e. The molecule has 1 heterocycles. The zero-order chi connectivity index (χ0) is 15.6. The van der Waals surface area contributed by atoms with Crippen LogP contribution in [0.3, 0.4) is 0 Å². The first-order valence-electron chi connectivity index (χ1n) is 6.62. The molecule has 0 saturated carbocycles. The predicted molar refractivity (Wildman–Crippen MR) is 77.0 cm³/mol. The lowest BCUT2D eigenvalue weighted by Crippen LogP contribution is -2.38. The molecular weight excluding hydrogens is 299 g/mol. The molecule has 2 amide bonds. The van der Waals surface area contributed by atoms with E-state index >= 15 is 0 Å². The normalized spacial score (nSPS) is 21.4. The summed E-state index contributed by atoms with van der Waals surface area (Å²) in [6.45, 7) is 2.25. The molecule has 21 heavy (non-hydrogen) atoms. The van der Waals surface area contributed by atoms with Crippen LogP contribution in [0.4, 0.5) is 14.9 Å². The lowest BCUT2D eigenvalue weighted by Gasteiger charge is -2.23. The number of carbonyl (C=O) groups excluding carboxylic acids is 1. The molecule has 0 spiro atoms. The van der Waals surface area contributed by atoms with Crippen LogP contribution < -0.4 is 5.32 Å². The quantitative estimate of drug-likeness (QED) is 0.900. The highest BCUT2D eigenvalue weighted by molar-refractivity contribution is 6.30. The van der Waals surface area contributed by atoms with E-state index in [1.54, 1.807) is 6.92 Å². The van der Waals surface area contributed by atoms with E-state index < -0.39 is 23.2 Å². The molecule has 1 atom stereocenters. The number of hydrogen-bond donors (Lipinski definition) is 2. The van der Waals surface area contributed by atoms with Crippen molar-refractivity contribution in [2.24, 2.45) is 5.41 Å². The third kappa shape index (κ3) is 3.10. The minimum atomic E-state index is -0.907. The van der Waals surface area contributed by atoms with Gasteiger partial charge in [0.15, 0.2) is 0 Å². The minimum absolute atomic E-state index is 0.0220. The van der Waals surface area contributed by atoms with Gasteiger partial charge in [-0.1, -0.05) is 18.5 Å². The minimum Gasteiger partial charge on any atom is -0.481 e. The number of amides is 2. The molecule has 2 rings (SSSR count). The van der Waals surface area contributed by atoms with Gasteiger partial charge in [0.1, 0.15) is 5.82 Å². The smallest absolute Gasteiger partial charge is 0.321 e. The Labute approximate surface area is 126 Å². The maximum absolute atomic E-state index is 13.6. The number of urea groups is 1. The number of halogens is 2. The van der Waals surface area contributed by atoms with Crippen LogP contribution in [-0.2, 0) is 4.79 Å². The molecule has 5 nitrogen and oxygen atoms in total. The van der Waals surface area contributed by atoms with E-state index in [0.717, 1.165) is 6.07 Å². The summed E-state index contributed by atoms with van der Waals surface area (Å²) in [5, 5.41) is 12.0. The fourth-order valence-electron chi connectivity index (χ4n) is 2.45. The Bertz CT molecular complexity index is 581. The van der Waals surface area contributed by atoms with Crippen molar-refractivity contribution in [1.82, 2.24) is 4.90 Å². The second kappa shape index (κ2) is 5.89. The number of hydrogen-bond acceptors (Lipinski definition) is 2. The molecule has 1 aromatic rings. The number of nitrogens with one attached hydrogen (secondary N) is 1. The number of benzene rings is 1. The zero-order valence-corrected chi connectivity index (χ0v) is 12.3. The molecule has 1 fully saturated rings. The molecule has 1 aliphatic heterocycles. The van der Waals surface area contributed by atoms with Crippen molar-refractivity contribution in [3.63, 3.8) is 0 Å². The molecule has 1 aromatic carbocycles. The third-order valence-electron chi connectivity index (χ3n) is 3.94. The standard InChI is InChI=1S/C14H16ClFN2O3/c1-2-14(12(19)20)5-6-18(8-14)13(21)17-11-4-3-9(15)7-10(11)16/h3-4,7H,2,5-6,8H2,1H3,(H,17,21)(H,19,20). The molecule has 1 unspecified atom stereocenters. The number of carbonyl (C=O) groups is 2. The average Bonchev–Trinajstić information content (AvgIpc) is 2.88. The predicted octanol–water partition coefficient (Wildman–Crippen LogP) is 3.20. The van der Waals surface area contributed by atoms with Crippen molar-refractivity contribution in [1.29, 1.82) is 0 Å². The highest BCUT2D eigenvalue weighted by Crippen LogP contribution is 2.34. The molecule has 0 bridgehead atoms. The molecule has 0 aromatic heterocycles. The van der Waals surface area contributed by atoms with E-state index in [9.17, 15) is 19.1 Å². The number of likely N-dealkylation sites (tertiary alicyclic amines) is 1. The van der Waals surface area contributed by atoms with Crippen LogP contribution in [-0.4, -0.2) is 35.1 Å². The van der Waals surface area contributed by atoms with Gasteiger partial charge in [0.25, 0.3) is 0 Å². The van der Waals surface area contributed by atoms with Crippen LogP contribution in [0, 0.1) is 11.2 Å². The van der Waals surface area contributed by atoms with Gasteiger partial charge in [0.05, 0.1) is 11.1 Å². The number of carboxylic acid groups (broad SMARTS) is 1. The topological polar surface area (TPSA) is 69.6 Å². The van der Waals surface area contributed by atoms with Crippen LogP contribution in [0.1, 0.15) is 19.8 Å². The third-order valence-corrected chi connectivity index (χ3v) is 4.18. The van der Waals surface area contributed by atoms with Gasteiger partial charge < -0.3 is 15.3 Å². The van der Waals surface area contributed by atoms with E-state index in [4.69, 9.17) is 11.6 Å². The van der Waals surface area contributed by atoms with Crippen LogP contribution in [0.15, 0.2) is 18.2 Å². The summed E-state index contributed by atoms with van der Waals surface area (Å²) in [5.74, 6) is -1.53.